The zero-order valence-electron chi connectivity index (χ0n) is 15.5. The number of hydrogen-bond donors (Lipinski definition) is 2. The van der Waals surface area contributed by atoms with E-state index in [0.29, 0.717) is 37.2 Å². The summed E-state index contributed by atoms with van der Waals surface area (Å²) in [7, 11) is -3.62. The van der Waals surface area contributed by atoms with E-state index in [1.807, 2.05) is 0 Å². The minimum atomic E-state index is -3.62. The molecule has 1 aromatic carbocycles. The number of nitrogens with zero attached hydrogens (tertiary/aromatic N) is 1. The number of benzene rings is 1. The maximum absolute atomic E-state index is 13.1. The summed E-state index contributed by atoms with van der Waals surface area (Å²) in [6.45, 7) is 2.77. The second kappa shape index (κ2) is 7.98. The zero-order valence-corrected chi connectivity index (χ0v) is 16.3. The Morgan fingerprint density at radius 1 is 1.07 bits per heavy atom. The van der Waals surface area contributed by atoms with Crippen molar-refractivity contribution in [3.8, 4) is 0 Å². The van der Waals surface area contributed by atoms with Gasteiger partial charge in [0.1, 0.15) is 0 Å². The van der Waals surface area contributed by atoms with E-state index in [9.17, 15) is 18.0 Å². The molecule has 2 unspecified atom stereocenters. The fraction of sp³-hybridized carbons (Fsp3) is 0.579. The van der Waals surface area contributed by atoms with E-state index in [4.69, 9.17) is 5.11 Å². The van der Waals surface area contributed by atoms with E-state index in [-0.39, 0.29) is 10.8 Å². The Morgan fingerprint density at radius 2 is 1.70 bits per heavy atom. The van der Waals surface area contributed by atoms with Gasteiger partial charge in [0, 0.05) is 18.8 Å². The number of carboxylic acid groups (broad SMARTS) is 1. The summed E-state index contributed by atoms with van der Waals surface area (Å²) in [4.78, 5) is 23.7. The number of carbonyl (C=O) groups excluding carboxylic acids is 1. The highest BCUT2D eigenvalue weighted by atomic mass is 32.2. The summed E-state index contributed by atoms with van der Waals surface area (Å²) in [5, 5.41) is 11.8. The molecular weight excluding hydrogens is 368 g/mol. The third kappa shape index (κ3) is 4.16. The van der Waals surface area contributed by atoms with E-state index in [1.54, 1.807) is 19.1 Å². The van der Waals surface area contributed by atoms with Crippen LogP contribution in [0.3, 0.4) is 0 Å². The topological polar surface area (TPSA) is 104 Å². The van der Waals surface area contributed by atoms with Gasteiger partial charge in [-0.15, -0.1) is 0 Å². The molecule has 27 heavy (non-hydrogen) atoms. The molecule has 3 rings (SSSR count). The number of aryl methyl sites for hydroxylation is 1. The lowest BCUT2D eigenvalue weighted by atomic mass is 9.73. The lowest BCUT2D eigenvalue weighted by Gasteiger charge is -2.32. The summed E-state index contributed by atoms with van der Waals surface area (Å²) in [5.41, 5.74) is 1.01. The van der Waals surface area contributed by atoms with Crippen LogP contribution in [0.15, 0.2) is 23.1 Å². The number of carboxylic acids is 1. The van der Waals surface area contributed by atoms with Crippen molar-refractivity contribution in [3.63, 3.8) is 0 Å². The second-order valence-electron chi connectivity index (χ2n) is 7.42. The van der Waals surface area contributed by atoms with Crippen molar-refractivity contribution in [2.75, 3.05) is 18.4 Å². The summed E-state index contributed by atoms with van der Waals surface area (Å²) < 4.78 is 27.7. The Kier molecular flexibility index (Phi) is 5.86. The molecule has 0 bridgehead atoms. The highest BCUT2D eigenvalue weighted by molar-refractivity contribution is 7.89. The quantitative estimate of drug-likeness (QED) is 0.799. The highest BCUT2D eigenvalue weighted by Crippen LogP contribution is 2.35. The minimum absolute atomic E-state index is 0.200. The van der Waals surface area contributed by atoms with Gasteiger partial charge < -0.3 is 10.4 Å². The molecule has 148 valence electrons. The number of anilines is 1. The lowest BCUT2D eigenvalue weighted by molar-refractivity contribution is -0.151. The Hall–Kier alpha value is -1.93. The number of rotatable bonds is 5. The molecule has 2 N–H and O–H groups in total. The molecule has 1 heterocycles. The van der Waals surface area contributed by atoms with Crippen LogP contribution in [0, 0.1) is 18.8 Å². The van der Waals surface area contributed by atoms with Crippen LogP contribution in [0.1, 0.15) is 44.1 Å². The van der Waals surface area contributed by atoms with Gasteiger partial charge in [-0.25, -0.2) is 8.42 Å². The molecular formula is C19H26N2O5S. The van der Waals surface area contributed by atoms with Gasteiger partial charge in [0.05, 0.1) is 16.7 Å². The summed E-state index contributed by atoms with van der Waals surface area (Å²) >= 11 is 0. The summed E-state index contributed by atoms with van der Waals surface area (Å²) in [5.74, 6) is -2.55. The number of nitrogens with one attached hydrogen (secondary N) is 1. The van der Waals surface area contributed by atoms with Crippen molar-refractivity contribution in [2.24, 2.45) is 11.8 Å². The molecule has 0 aromatic heterocycles. The SMILES string of the molecule is Cc1ccc(NC(=O)C2CCC2C(=O)O)cc1S(=O)(=O)N1CCCCCC1. The van der Waals surface area contributed by atoms with Crippen LogP contribution in [-0.4, -0.2) is 42.8 Å². The number of carbonyl (C=O) groups is 2. The molecule has 2 aliphatic rings. The average molecular weight is 394 g/mol. The molecule has 1 aliphatic heterocycles. The number of aliphatic carboxylic acids is 1. The fourth-order valence-corrected chi connectivity index (χ4v) is 5.49. The number of amides is 1. The largest absolute Gasteiger partial charge is 0.481 e. The van der Waals surface area contributed by atoms with Crippen LogP contribution in [-0.2, 0) is 19.6 Å². The highest BCUT2D eigenvalue weighted by Gasteiger charge is 2.41. The van der Waals surface area contributed by atoms with Crippen LogP contribution in [0.25, 0.3) is 0 Å². The third-order valence-corrected chi connectivity index (χ3v) is 7.61. The van der Waals surface area contributed by atoms with Crippen molar-refractivity contribution in [1.29, 1.82) is 0 Å². The Balaban J connectivity index is 1.80. The van der Waals surface area contributed by atoms with Gasteiger partial charge in [-0.1, -0.05) is 18.9 Å². The van der Waals surface area contributed by atoms with Crippen molar-refractivity contribution < 1.29 is 23.1 Å². The molecule has 1 saturated carbocycles. The minimum Gasteiger partial charge on any atom is -0.481 e. The predicted molar refractivity (Wildman–Crippen MR) is 101 cm³/mol. The van der Waals surface area contributed by atoms with Gasteiger partial charge >= 0.3 is 5.97 Å². The normalized spacial score (nSPS) is 23.9. The van der Waals surface area contributed by atoms with Gasteiger partial charge in [0.15, 0.2) is 0 Å². The standard InChI is InChI=1S/C19H26N2O5S/c1-13-6-7-14(20-18(22)15-8-9-16(15)19(23)24)12-17(13)27(25,26)21-10-4-2-3-5-11-21/h6-7,12,15-16H,2-5,8-11H2,1H3,(H,20,22)(H,23,24). The van der Waals surface area contributed by atoms with Crippen LogP contribution in [0.5, 0.6) is 0 Å². The molecule has 8 heteroatoms. The fourth-order valence-electron chi connectivity index (χ4n) is 3.72. The predicted octanol–water partition coefficient (Wildman–Crippen LogP) is 2.61. The first-order valence-corrected chi connectivity index (χ1v) is 10.9. The molecule has 1 aliphatic carbocycles. The van der Waals surface area contributed by atoms with Crippen LogP contribution in [0.4, 0.5) is 5.69 Å². The van der Waals surface area contributed by atoms with E-state index >= 15 is 0 Å². The lowest BCUT2D eigenvalue weighted by Crippen LogP contribution is -2.41. The maximum atomic E-state index is 13.1. The smallest absolute Gasteiger partial charge is 0.307 e. The molecule has 1 aromatic rings. The molecule has 1 saturated heterocycles. The first kappa shape index (κ1) is 19.8. The van der Waals surface area contributed by atoms with Gasteiger partial charge in [-0.3, -0.25) is 9.59 Å². The molecule has 2 atom stereocenters. The Morgan fingerprint density at radius 3 is 2.26 bits per heavy atom. The van der Waals surface area contributed by atoms with Crippen molar-refractivity contribution in [3.05, 3.63) is 23.8 Å². The Bertz CT molecular complexity index is 829. The molecule has 2 fully saturated rings. The molecule has 1 amide bonds. The van der Waals surface area contributed by atoms with Gasteiger partial charge in [0.25, 0.3) is 0 Å². The maximum Gasteiger partial charge on any atom is 0.307 e. The second-order valence-corrected chi connectivity index (χ2v) is 9.32. The monoisotopic (exact) mass is 394 g/mol. The molecule has 0 spiro atoms. The van der Waals surface area contributed by atoms with Gasteiger partial charge in [0.2, 0.25) is 15.9 Å². The first-order chi connectivity index (χ1) is 12.8. The first-order valence-electron chi connectivity index (χ1n) is 9.45. The molecule has 7 nitrogen and oxygen atoms in total. The van der Waals surface area contributed by atoms with Crippen molar-refractivity contribution >= 4 is 27.6 Å². The summed E-state index contributed by atoms with van der Waals surface area (Å²) in [6.07, 6.45) is 4.81. The van der Waals surface area contributed by atoms with Crippen molar-refractivity contribution in [2.45, 2.75) is 50.3 Å². The van der Waals surface area contributed by atoms with Crippen LogP contribution in [0.2, 0.25) is 0 Å². The third-order valence-electron chi connectivity index (χ3n) is 5.57. The van der Waals surface area contributed by atoms with E-state index in [0.717, 1.165) is 25.7 Å². The zero-order chi connectivity index (χ0) is 19.6. The van der Waals surface area contributed by atoms with E-state index in [2.05, 4.69) is 5.32 Å². The van der Waals surface area contributed by atoms with Crippen LogP contribution >= 0.6 is 0 Å². The number of hydrogen-bond acceptors (Lipinski definition) is 4. The van der Waals surface area contributed by atoms with Gasteiger partial charge in [-0.2, -0.15) is 4.31 Å². The van der Waals surface area contributed by atoms with Crippen LogP contribution < -0.4 is 5.32 Å². The van der Waals surface area contributed by atoms with E-state index < -0.39 is 27.8 Å². The summed E-state index contributed by atoms with van der Waals surface area (Å²) in [6, 6.07) is 4.82. The average Bonchev–Trinajstić information content (AvgIpc) is 2.84. The van der Waals surface area contributed by atoms with Crippen molar-refractivity contribution in [1.82, 2.24) is 4.31 Å². The number of sulfonamides is 1. The van der Waals surface area contributed by atoms with Gasteiger partial charge in [-0.05, 0) is 50.3 Å². The van der Waals surface area contributed by atoms with E-state index in [1.165, 1.54) is 10.4 Å². The Labute approximate surface area is 159 Å². The molecule has 0 radical (unpaired) electrons.